The second-order valence-electron chi connectivity index (χ2n) is 3.11. The zero-order valence-corrected chi connectivity index (χ0v) is 8.34. The lowest BCUT2D eigenvalue weighted by molar-refractivity contribution is -0.154. The highest BCUT2D eigenvalue weighted by molar-refractivity contribution is 6.34. The molecule has 0 spiro atoms. The van der Waals surface area contributed by atoms with Crippen molar-refractivity contribution in [3.8, 4) is 0 Å². The number of carbonyl (C=O) groups is 2. The van der Waals surface area contributed by atoms with Crippen LogP contribution in [0.3, 0.4) is 0 Å². The van der Waals surface area contributed by atoms with E-state index in [4.69, 9.17) is 9.84 Å². The second-order valence-corrected chi connectivity index (χ2v) is 3.11. The molecule has 0 aromatic heterocycles. The minimum Gasteiger partial charge on any atom is -0.475 e. The number of hydrogen-bond acceptors (Lipinski definition) is 3. The third-order valence-corrected chi connectivity index (χ3v) is 1.92. The van der Waals surface area contributed by atoms with Gasteiger partial charge >= 0.3 is 5.97 Å². The number of benzene rings is 1. The number of aliphatic carboxylic acids is 1. The summed E-state index contributed by atoms with van der Waals surface area (Å²) in [7, 11) is 0. The molecule has 0 aliphatic carbocycles. The van der Waals surface area contributed by atoms with Crippen LogP contribution in [0.1, 0.15) is 12.5 Å². The van der Waals surface area contributed by atoms with Crippen molar-refractivity contribution in [3.63, 3.8) is 0 Å². The summed E-state index contributed by atoms with van der Waals surface area (Å²) in [6.45, 7) is 1.67. The van der Waals surface area contributed by atoms with Crippen LogP contribution >= 0.6 is 0 Å². The van der Waals surface area contributed by atoms with Gasteiger partial charge in [-0.2, -0.15) is 0 Å². The van der Waals surface area contributed by atoms with Crippen LogP contribution in [0.25, 0.3) is 0 Å². The normalized spacial score (nSPS) is 12.1. The van der Waals surface area contributed by atoms with Gasteiger partial charge in [0.2, 0.25) is 0 Å². The van der Waals surface area contributed by atoms with Gasteiger partial charge in [0.05, 0.1) is 6.61 Å². The Bertz CT molecular complexity index is 345. The number of carboxylic acids is 1. The molecule has 4 nitrogen and oxygen atoms in total. The predicted molar refractivity (Wildman–Crippen MR) is 53.3 cm³/mol. The molecule has 0 saturated heterocycles. The molecular formula is C11H12O4. The lowest BCUT2D eigenvalue weighted by atomic mass is 10.2. The van der Waals surface area contributed by atoms with Gasteiger partial charge in [0.15, 0.2) is 0 Å². The molecule has 80 valence electrons. The fraction of sp³-hybridized carbons (Fsp3) is 0.273. The van der Waals surface area contributed by atoms with Crippen LogP contribution in [-0.2, 0) is 20.9 Å². The average molecular weight is 208 g/mol. The molecular weight excluding hydrogens is 196 g/mol. The van der Waals surface area contributed by atoms with Gasteiger partial charge < -0.3 is 9.84 Å². The highest BCUT2D eigenvalue weighted by Gasteiger charge is 2.20. The summed E-state index contributed by atoms with van der Waals surface area (Å²) >= 11 is 0. The Hall–Kier alpha value is -1.68. The number of ketones is 1. The Kier molecular flexibility index (Phi) is 4.00. The van der Waals surface area contributed by atoms with Crippen LogP contribution in [0.15, 0.2) is 30.3 Å². The number of Topliss-reactive ketones (excluding diaryl/α,β-unsaturated/α-hetero) is 1. The SMILES string of the molecule is C[C@H](OCc1ccccc1)C(=O)C(=O)O. The van der Waals surface area contributed by atoms with Gasteiger partial charge in [-0.15, -0.1) is 0 Å². The lowest BCUT2D eigenvalue weighted by Gasteiger charge is -2.09. The standard InChI is InChI=1S/C11H12O4/c1-8(10(12)11(13)14)15-7-9-5-3-2-4-6-9/h2-6,8H,7H2,1H3,(H,13,14)/t8-/m0/s1. The van der Waals surface area contributed by atoms with Gasteiger partial charge in [0.25, 0.3) is 5.78 Å². The molecule has 0 aliphatic heterocycles. The van der Waals surface area contributed by atoms with Crippen molar-refractivity contribution in [1.82, 2.24) is 0 Å². The first-order chi connectivity index (χ1) is 7.11. The zero-order valence-electron chi connectivity index (χ0n) is 8.34. The van der Waals surface area contributed by atoms with E-state index in [1.54, 1.807) is 0 Å². The van der Waals surface area contributed by atoms with Crippen LogP contribution in [0, 0.1) is 0 Å². The first-order valence-corrected chi connectivity index (χ1v) is 4.54. The van der Waals surface area contributed by atoms with Gasteiger partial charge in [0, 0.05) is 0 Å². The summed E-state index contributed by atoms with van der Waals surface area (Å²) in [5, 5.41) is 8.42. The van der Waals surface area contributed by atoms with Crippen LogP contribution in [0.2, 0.25) is 0 Å². The van der Waals surface area contributed by atoms with Crippen LogP contribution in [-0.4, -0.2) is 23.0 Å². The Morgan fingerprint density at radius 1 is 1.33 bits per heavy atom. The summed E-state index contributed by atoms with van der Waals surface area (Å²) in [4.78, 5) is 21.3. The molecule has 1 atom stereocenters. The maximum absolute atomic E-state index is 10.9. The van der Waals surface area contributed by atoms with Crippen LogP contribution in [0.5, 0.6) is 0 Å². The van der Waals surface area contributed by atoms with E-state index in [-0.39, 0.29) is 6.61 Å². The van der Waals surface area contributed by atoms with Gasteiger partial charge in [-0.3, -0.25) is 4.79 Å². The molecule has 0 saturated carbocycles. The first kappa shape index (κ1) is 11.4. The first-order valence-electron chi connectivity index (χ1n) is 4.54. The third kappa shape index (κ3) is 3.52. The maximum Gasteiger partial charge on any atom is 0.374 e. The largest absolute Gasteiger partial charge is 0.475 e. The van der Waals surface area contributed by atoms with Crippen molar-refractivity contribution in [3.05, 3.63) is 35.9 Å². The molecule has 4 heteroatoms. The average Bonchev–Trinajstić information content (AvgIpc) is 2.26. The summed E-state index contributed by atoms with van der Waals surface area (Å²) in [6.07, 6.45) is -0.914. The minimum atomic E-state index is -1.46. The van der Waals surface area contributed by atoms with E-state index < -0.39 is 17.9 Å². The molecule has 0 fully saturated rings. The molecule has 1 N–H and O–H groups in total. The van der Waals surface area contributed by atoms with Crippen molar-refractivity contribution >= 4 is 11.8 Å². The van der Waals surface area contributed by atoms with Gasteiger partial charge in [0.1, 0.15) is 6.10 Å². The van der Waals surface area contributed by atoms with E-state index in [2.05, 4.69) is 0 Å². The fourth-order valence-corrected chi connectivity index (χ4v) is 1.05. The number of ether oxygens (including phenoxy) is 1. The Labute approximate surface area is 87.5 Å². The molecule has 0 heterocycles. The van der Waals surface area contributed by atoms with Crippen LogP contribution < -0.4 is 0 Å². The minimum absolute atomic E-state index is 0.237. The third-order valence-electron chi connectivity index (χ3n) is 1.92. The maximum atomic E-state index is 10.9. The summed E-state index contributed by atoms with van der Waals surface area (Å²) in [6, 6.07) is 9.26. The predicted octanol–water partition coefficient (Wildman–Crippen LogP) is 1.25. The summed E-state index contributed by atoms with van der Waals surface area (Å²) in [5.74, 6) is -2.39. The summed E-state index contributed by atoms with van der Waals surface area (Å²) in [5.41, 5.74) is 0.905. The highest BCUT2D eigenvalue weighted by Crippen LogP contribution is 2.03. The molecule has 1 rings (SSSR count). The lowest BCUT2D eigenvalue weighted by Crippen LogP contribution is -2.27. The molecule has 0 unspecified atom stereocenters. The second kappa shape index (κ2) is 5.26. The monoisotopic (exact) mass is 208 g/mol. The smallest absolute Gasteiger partial charge is 0.374 e. The molecule has 15 heavy (non-hydrogen) atoms. The molecule has 0 amide bonds. The van der Waals surface area contributed by atoms with Gasteiger partial charge in [-0.25, -0.2) is 4.79 Å². The molecule has 0 bridgehead atoms. The number of carboxylic acid groups (broad SMARTS) is 1. The fourth-order valence-electron chi connectivity index (χ4n) is 1.05. The van der Waals surface area contributed by atoms with Crippen molar-refractivity contribution < 1.29 is 19.4 Å². The van der Waals surface area contributed by atoms with Crippen LogP contribution in [0.4, 0.5) is 0 Å². The van der Waals surface area contributed by atoms with Gasteiger partial charge in [-0.05, 0) is 12.5 Å². The highest BCUT2D eigenvalue weighted by atomic mass is 16.5. The van der Waals surface area contributed by atoms with E-state index in [0.717, 1.165) is 5.56 Å². The van der Waals surface area contributed by atoms with Crippen molar-refractivity contribution in [2.24, 2.45) is 0 Å². The van der Waals surface area contributed by atoms with Gasteiger partial charge in [-0.1, -0.05) is 30.3 Å². The van der Waals surface area contributed by atoms with E-state index >= 15 is 0 Å². The van der Waals surface area contributed by atoms with E-state index in [1.807, 2.05) is 30.3 Å². The number of rotatable bonds is 5. The van der Waals surface area contributed by atoms with E-state index in [9.17, 15) is 9.59 Å². The molecule has 0 aliphatic rings. The Morgan fingerprint density at radius 3 is 2.47 bits per heavy atom. The zero-order chi connectivity index (χ0) is 11.3. The Morgan fingerprint density at radius 2 is 1.93 bits per heavy atom. The van der Waals surface area contributed by atoms with E-state index in [1.165, 1.54) is 6.92 Å². The quantitative estimate of drug-likeness (QED) is 0.739. The number of hydrogen-bond donors (Lipinski definition) is 1. The Balaban J connectivity index is 2.44. The molecule has 1 aromatic rings. The van der Waals surface area contributed by atoms with E-state index in [0.29, 0.717) is 0 Å². The molecule has 1 aromatic carbocycles. The van der Waals surface area contributed by atoms with Crippen molar-refractivity contribution in [2.45, 2.75) is 19.6 Å². The number of carbonyl (C=O) groups excluding carboxylic acids is 1. The topological polar surface area (TPSA) is 63.6 Å². The van der Waals surface area contributed by atoms with Crippen molar-refractivity contribution in [2.75, 3.05) is 0 Å². The summed E-state index contributed by atoms with van der Waals surface area (Å²) < 4.78 is 5.12. The molecule has 0 radical (unpaired) electrons. The van der Waals surface area contributed by atoms with Crippen molar-refractivity contribution in [1.29, 1.82) is 0 Å².